The van der Waals surface area contributed by atoms with E-state index >= 15 is 0 Å². The summed E-state index contributed by atoms with van der Waals surface area (Å²) >= 11 is 0. The molecule has 0 bridgehead atoms. The molecule has 2 aliphatic heterocycles. The molecule has 17 heavy (non-hydrogen) atoms. The standard InChI is InChI=1S/C10H15N3O4/c1-7(13-8(14)6-11-10(13)16)9(15)12-2-4-17-5-3-12/h7H,2-6H2,1H3,(H,11,16). The van der Waals surface area contributed by atoms with E-state index in [1.807, 2.05) is 0 Å². The van der Waals surface area contributed by atoms with Crippen LogP contribution >= 0.6 is 0 Å². The minimum Gasteiger partial charge on any atom is -0.378 e. The van der Waals surface area contributed by atoms with Crippen LogP contribution in [-0.4, -0.2) is 66.5 Å². The average Bonchev–Trinajstić information content (AvgIpc) is 2.68. The summed E-state index contributed by atoms with van der Waals surface area (Å²) < 4.78 is 5.14. The number of nitrogens with zero attached hydrogens (tertiary/aromatic N) is 2. The van der Waals surface area contributed by atoms with Crippen LogP contribution in [0.3, 0.4) is 0 Å². The van der Waals surface area contributed by atoms with Gasteiger partial charge in [-0.2, -0.15) is 0 Å². The molecule has 0 aromatic rings. The number of nitrogens with one attached hydrogen (secondary N) is 1. The second kappa shape index (κ2) is 4.70. The van der Waals surface area contributed by atoms with Crippen LogP contribution in [0.5, 0.6) is 0 Å². The summed E-state index contributed by atoms with van der Waals surface area (Å²) in [7, 11) is 0. The normalized spacial score (nSPS) is 22.6. The summed E-state index contributed by atoms with van der Waals surface area (Å²) in [5, 5.41) is 2.40. The van der Waals surface area contributed by atoms with Crippen molar-refractivity contribution >= 4 is 17.8 Å². The number of ether oxygens (including phenoxy) is 1. The molecule has 94 valence electrons. The van der Waals surface area contributed by atoms with Gasteiger partial charge in [0, 0.05) is 13.1 Å². The van der Waals surface area contributed by atoms with Gasteiger partial charge in [0.05, 0.1) is 19.8 Å². The van der Waals surface area contributed by atoms with Gasteiger partial charge in [-0.3, -0.25) is 14.5 Å². The van der Waals surface area contributed by atoms with Crippen molar-refractivity contribution in [2.45, 2.75) is 13.0 Å². The number of urea groups is 1. The Kier molecular flexibility index (Phi) is 3.28. The van der Waals surface area contributed by atoms with Crippen LogP contribution in [0.4, 0.5) is 4.79 Å². The molecule has 2 heterocycles. The minimum absolute atomic E-state index is 0.0282. The molecule has 2 aliphatic rings. The highest BCUT2D eigenvalue weighted by atomic mass is 16.5. The maximum absolute atomic E-state index is 12.1. The number of hydrogen-bond acceptors (Lipinski definition) is 4. The fraction of sp³-hybridized carbons (Fsp3) is 0.700. The van der Waals surface area contributed by atoms with Gasteiger partial charge in [-0.15, -0.1) is 0 Å². The number of carbonyl (C=O) groups excluding carboxylic acids is 3. The fourth-order valence-electron chi connectivity index (χ4n) is 1.99. The van der Waals surface area contributed by atoms with Gasteiger partial charge in [0.1, 0.15) is 6.04 Å². The number of carbonyl (C=O) groups is 3. The van der Waals surface area contributed by atoms with Gasteiger partial charge in [-0.05, 0) is 6.92 Å². The summed E-state index contributed by atoms with van der Waals surface area (Å²) in [6.45, 7) is 3.55. The highest BCUT2D eigenvalue weighted by molar-refractivity contribution is 6.05. The Balaban J connectivity index is 2.03. The molecule has 2 fully saturated rings. The van der Waals surface area contributed by atoms with Gasteiger partial charge >= 0.3 is 6.03 Å². The number of amides is 4. The third-order valence-corrected chi connectivity index (χ3v) is 2.95. The fourth-order valence-corrected chi connectivity index (χ4v) is 1.99. The van der Waals surface area contributed by atoms with Gasteiger partial charge in [0.15, 0.2) is 0 Å². The van der Waals surface area contributed by atoms with Gasteiger partial charge < -0.3 is 15.0 Å². The number of rotatable bonds is 2. The molecular weight excluding hydrogens is 226 g/mol. The van der Waals surface area contributed by atoms with Crippen LogP contribution in [0, 0.1) is 0 Å². The maximum Gasteiger partial charge on any atom is 0.325 e. The Morgan fingerprint density at radius 1 is 1.35 bits per heavy atom. The molecule has 7 heteroatoms. The van der Waals surface area contributed by atoms with E-state index < -0.39 is 12.1 Å². The molecule has 0 aromatic heterocycles. The van der Waals surface area contributed by atoms with Crippen LogP contribution in [0.2, 0.25) is 0 Å². The molecule has 4 amide bonds. The molecule has 0 aromatic carbocycles. The van der Waals surface area contributed by atoms with Crippen molar-refractivity contribution in [3.05, 3.63) is 0 Å². The third kappa shape index (κ3) is 2.23. The van der Waals surface area contributed by atoms with E-state index in [1.165, 1.54) is 0 Å². The van der Waals surface area contributed by atoms with Gasteiger partial charge in [-0.25, -0.2) is 4.79 Å². The van der Waals surface area contributed by atoms with Crippen molar-refractivity contribution in [2.75, 3.05) is 32.8 Å². The van der Waals surface area contributed by atoms with E-state index in [0.29, 0.717) is 26.3 Å². The zero-order valence-electron chi connectivity index (χ0n) is 9.64. The average molecular weight is 241 g/mol. The SMILES string of the molecule is CC(C(=O)N1CCOCC1)N1C(=O)CNC1=O. The Morgan fingerprint density at radius 2 is 2.00 bits per heavy atom. The molecule has 2 rings (SSSR count). The Hall–Kier alpha value is -1.63. The van der Waals surface area contributed by atoms with Gasteiger partial charge in [0.2, 0.25) is 5.91 Å². The summed E-state index contributed by atoms with van der Waals surface area (Å²) in [5.74, 6) is -0.567. The summed E-state index contributed by atoms with van der Waals surface area (Å²) in [6.07, 6.45) is 0. The first kappa shape index (κ1) is 11.8. The largest absolute Gasteiger partial charge is 0.378 e. The van der Waals surface area contributed by atoms with Crippen LogP contribution in [0.1, 0.15) is 6.92 Å². The quantitative estimate of drug-likeness (QED) is 0.615. The molecule has 0 aliphatic carbocycles. The van der Waals surface area contributed by atoms with E-state index in [-0.39, 0.29) is 18.4 Å². The summed E-state index contributed by atoms with van der Waals surface area (Å²) in [5.41, 5.74) is 0. The van der Waals surface area contributed by atoms with E-state index in [4.69, 9.17) is 4.74 Å². The van der Waals surface area contributed by atoms with Crippen LogP contribution in [0.15, 0.2) is 0 Å². The molecular formula is C10H15N3O4. The first-order valence-electron chi connectivity index (χ1n) is 5.57. The van der Waals surface area contributed by atoms with E-state index in [1.54, 1.807) is 11.8 Å². The lowest BCUT2D eigenvalue weighted by Gasteiger charge is -2.31. The van der Waals surface area contributed by atoms with Crippen molar-refractivity contribution in [2.24, 2.45) is 0 Å². The molecule has 2 saturated heterocycles. The number of hydrogen-bond donors (Lipinski definition) is 1. The first-order chi connectivity index (χ1) is 8.11. The smallest absolute Gasteiger partial charge is 0.325 e. The Morgan fingerprint density at radius 3 is 2.53 bits per heavy atom. The van der Waals surface area contributed by atoms with Crippen molar-refractivity contribution in [1.82, 2.24) is 15.1 Å². The molecule has 0 radical (unpaired) electrons. The molecule has 1 N–H and O–H groups in total. The minimum atomic E-state index is -0.747. The van der Waals surface area contributed by atoms with Gasteiger partial charge in [-0.1, -0.05) is 0 Å². The van der Waals surface area contributed by atoms with E-state index in [2.05, 4.69) is 5.32 Å². The highest BCUT2D eigenvalue weighted by Gasteiger charge is 2.37. The zero-order valence-corrected chi connectivity index (χ0v) is 9.64. The van der Waals surface area contributed by atoms with Crippen molar-refractivity contribution < 1.29 is 19.1 Å². The molecule has 1 unspecified atom stereocenters. The topological polar surface area (TPSA) is 79.0 Å². The predicted molar refractivity (Wildman–Crippen MR) is 57.1 cm³/mol. The van der Waals surface area contributed by atoms with Crippen LogP contribution in [0.25, 0.3) is 0 Å². The van der Waals surface area contributed by atoms with Crippen molar-refractivity contribution in [1.29, 1.82) is 0 Å². The summed E-state index contributed by atoms with van der Waals surface area (Å²) in [6, 6.07) is -1.24. The van der Waals surface area contributed by atoms with Crippen molar-refractivity contribution in [3.8, 4) is 0 Å². The summed E-state index contributed by atoms with van der Waals surface area (Å²) in [4.78, 5) is 37.5. The Labute approximate surface area is 98.7 Å². The van der Waals surface area contributed by atoms with Crippen molar-refractivity contribution in [3.63, 3.8) is 0 Å². The Bertz CT molecular complexity index is 335. The lowest BCUT2D eigenvalue weighted by Crippen LogP contribution is -2.52. The third-order valence-electron chi connectivity index (χ3n) is 2.95. The zero-order chi connectivity index (χ0) is 12.4. The van der Waals surface area contributed by atoms with Crippen LogP contribution in [-0.2, 0) is 14.3 Å². The molecule has 0 saturated carbocycles. The number of imide groups is 1. The second-order valence-corrected chi connectivity index (χ2v) is 4.04. The highest BCUT2D eigenvalue weighted by Crippen LogP contribution is 2.10. The van der Waals surface area contributed by atoms with E-state index in [0.717, 1.165) is 4.90 Å². The molecule has 1 atom stereocenters. The maximum atomic E-state index is 12.1. The first-order valence-corrected chi connectivity index (χ1v) is 5.57. The predicted octanol–water partition coefficient (Wildman–Crippen LogP) is -1.21. The molecule has 0 spiro atoms. The second-order valence-electron chi connectivity index (χ2n) is 4.04. The van der Waals surface area contributed by atoms with Crippen LogP contribution < -0.4 is 5.32 Å². The number of morpholine rings is 1. The van der Waals surface area contributed by atoms with E-state index in [9.17, 15) is 14.4 Å². The van der Waals surface area contributed by atoms with Gasteiger partial charge in [0.25, 0.3) is 5.91 Å². The monoisotopic (exact) mass is 241 g/mol. The lowest BCUT2D eigenvalue weighted by molar-refractivity contribution is -0.143. The molecule has 7 nitrogen and oxygen atoms in total. The lowest BCUT2D eigenvalue weighted by atomic mass is 10.2.